The van der Waals surface area contributed by atoms with Crippen LogP contribution in [0.3, 0.4) is 0 Å². The van der Waals surface area contributed by atoms with Crippen molar-refractivity contribution in [3.8, 4) is 22.6 Å². The number of benzene rings is 1. The van der Waals surface area contributed by atoms with Crippen molar-refractivity contribution < 1.29 is 9.47 Å². The molecule has 0 N–H and O–H groups in total. The average Bonchev–Trinajstić information content (AvgIpc) is 3.01. The van der Waals surface area contributed by atoms with Gasteiger partial charge in [0.1, 0.15) is 0 Å². The van der Waals surface area contributed by atoms with Gasteiger partial charge in [0, 0.05) is 18.0 Å². The molecule has 0 aliphatic heterocycles. The van der Waals surface area contributed by atoms with Crippen molar-refractivity contribution in [3.63, 3.8) is 0 Å². The molecule has 1 aromatic heterocycles. The van der Waals surface area contributed by atoms with Crippen molar-refractivity contribution in [1.29, 1.82) is 0 Å². The number of ether oxygens (including phenoxy) is 2. The van der Waals surface area contributed by atoms with Gasteiger partial charge in [-0.3, -0.25) is 4.98 Å². The number of hydrogen-bond acceptors (Lipinski definition) is 3. The Bertz CT molecular complexity index is 562. The largest absolute Gasteiger partial charge is 0.493 e. The zero-order valence-electron chi connectivity index (χ0n) is 11.7. The Labute approximate surface area is 119 Å². The van der Waals surface area contributed by atoms with Gasteiger partial charge >= 0.3 is 0 Å². The predicted octanol–water partition coefficient (Wildman–Crippen LogP) is 4.08. The van der Waals surface area contributed by atoms with Gasteiger partial charge in [0.25, 0.3) is 0 Å². The molecule has 20 heavy (non-hydrogen) atoms. The Morgan fingerprint density at radius 2 is 1.90 bits per heavy atom. The van der Waals surface area contributed by atoms with Gasteiger partial charge in [-0.2, -0.15) is 0 Å². The molecular formula is C17H19NO2. The first-order valence-electron chi connectivity index (χ1n) is 7.12. The van der Waals surface area contributed by atoms with Crippen molar-refractivity contribution in [2.75, 3.05) is 7.11 Å². The first kappa shape index (κ1) is 13.0. The van der Waals surface area contributed by atoms with Crippen molar-refractivity contribution in [3.05, 3.63) is 42.7 Å². The second-order valence-electron chi connectivity index (χ2n) is 5.13. The van der Waals surface area contributed by atoms with E-state index in [1.54, 1.807) is 13.3 Å². The third-order valence-electron chi connectivity index (χ3n) is 3.75. The number of rotatable bonds is 4. The Morgan fingerprint density at radius 3 is 2.60 bits per heavy atom. The lowest BCUT2D eigenvalue weighted by Crippen LogP contribution is -2.11. The van der Waals surface area contributed by atoms with Crippen LogP contribution in [0.2, 0.25) is 0 Å². The van der Waals surface area contributed by atoms with Gasteiger partial charge in [-0.05, 0) is 49.4 Å². The fraction of sp³-hybridized carbons (Fsp3) is 0.353. The molecule has 0 saturated heterocycles. The topological polar surface area (TPSA) is 31.4 Å². The van der Waals surface area contributed by atoms with E-state index in [2.05, 4.69) is 4.98 Å². The highest BCUT2D eigenvalue weighted by Gasteiger charge is 2.18. The third kappa shape index (κ3) is 2.77. The number of pyridine rings is 1. The molecule has 2 aromatic rings. The summed E-state index contributed by atoms with van der Waals surface area (Å²) in [6.07, 6.45) is 8.77. The summed E-state index contributed by atoms with van der Waals surface area (Å²) in [6, 6.07) is 10.0. The standard InChI is InChI=1S/C17H19NO2/c1-19-16-9-8-13(14-5-4-10-18-12-14)11-17(16)20-15-6-2-3-7-15/h4-5,8-12,15H,2-3,6-7H2,1H3. The molecule has 0 unspecified atom stereocenters. The van der Waals surface area contributed by atoms with Crippen LogP contribution in [0.4, 0.5) is 0 Å². The molecule has 0 amide bonds. The molecule has 1 heterocycles. The lowest BCUT2D eigenvalue weighted by molar-refractivity contribution is 0.201. The Kier molecular flexibility index (Phi) is 3.86. The van der Waals surface area contributed by atoms with Crippen LogP contribution >= 0.6 is 0 Å². The maximum Gasteiger partial charge on any atom is 0.162 e. The average molecular weight is 269 g/mol. The molecule has 104 valence electrons. The summed E-state index contributed by atoms with van der Waals surface area (Å²) in [4.78, 5) is 4.16. The zero-order chi connectivity index (χ0) is 13.8. The van der Waals surface area contributed by atoms with E-state index in [0.29, 0.717) is 6.10 Å². The van der Waals surface area contributed by atoms with E-state index < -0.39 is 0 Å². The van der Waals surface area contributed by atoms with Crippen LogP contribution in [0.5, 0.6) is 11.5 Å². The summed E-state index contributed by atoms with van der Waals surface area (Å²) in [5.74, 6) is 1.63. The molecule has 1 aromatic carbocycles. The molecule has 0 spiro atoms. The van der Waals surface area contributed by atoms with Crippen LogP contribution in [0, 0.1) is 0 Å². The summed E-state index contributed by atoms with van der Waals surface area (Å²) in [7, 11) is 1.68. The minimum Gasteiger partial charge on any atom is -0.493 e. The van der Waals surface area contributed by atoms with Gasteiger partial charge in [-0.25, -0.2) is 0 Å². The van der Waals surface area contributed by atoms with Gasteiger partial charge in [0.2, 0.25) is 0 Å². The van der Waals surface area contributed by atoms with E-state index in [0.717, 1.165) is 35.5 Å². The van der Waals surface area contributed by atoms with Crippen LogP contribution in [0.1, 0.15) is 25.7 Å². The van der Waals surface area contributed by atoms with Crippen LogP contribution in [-0.4, -0.2) is 18.2 Å². The van der Waals surface area contributed by atoms with Crippen LogP contribution in [-0.2, 0) is 0 Å². The highest BCUT2D eigenvalue weighted by Crippen LogP contribution is 2.35. The first-order chi connectivity index (χ1) is 9.86. The summed E-state index contributed by atoms with van der Waals surface area (Å²) in [5.41, 5.74) is 2.19. The van der Waals surface area contributed by atoms with E-state index in [1.165, 1.54) is 12.8 Å². The maximum atomic E-state index is 6.11. The van der Waals surface area contributed by atoms with E-state index in [4.69, 9.17) is 9.47 Å². The molecule has 0 atom stereocenters. The maximum absolute atomic E-state index is 6.11. The molecule has 1 aliphatic rings. The molecule has 1 fully saturated rings. The smallest absolute Gasteiger partial charge is 0.162 e. The number of nitrogens with zero attached hydrogens (tertiary/aromatic N) is 1. The predicted molar refractivity (Wildman–Crippen MR) is 79.1 cm³/mol. The Morgan fingerprint density at radius 1 is 1.05 bits per heavy atom. The van der Waals surface area contributed by atoms with Crippen LogP contribution in [0.15, 0.2) is 42.7 Å². The SMILES string of the molecule is COc1ccc(-c2cccnc2)cc1OC1CCCC1. The van der Waals surface area contributed by atoms with Crippen molar-refractivity contribution in [1.82, 2.24) is 4.98 Å². The first-order valence-corrected chi connectivity index (χ1v) is 7.12. The van der Waals surface area contributed by atoms with Crippen molar-refractivity contribution in [2.24, 2.45) is 0 Å². The quantitative estimate of drug-likeness (QED) is 0.838. The van der Waals surface area contributed by atoms with Gasteiger partial charge in [0.15, 0.2) is 11.5 Å². The molecule has 3 nitrogen and oxygen atoms in total. The zero-order valence-corrected chi connectivity index (χ0v) is 11.7. The van der Waals surface area contributed by atoms with Crippen LogP contribution in [0.25, 0.3) is 11.1 Å². The summed E-state index contributed by atoms with van der Waals surface area (Å²) in [5, 5.41) is 0. The fourth-order valence-electron chi connectivity index (χ4n) is 2.67. The highest BCUT2D eigenvalue weighted by molar-refractivity contribution is 5.66. The molecule has 1 aliphatic carbocycles. The Balaban J connectivity index is 1.90. The molecule has 0 bridgehead atoms. The fourth-order valence-corrected chi connectivity index (χ4v) is 2.67. The molecule has 3 rings (SSSR count). The van der Waals surface area contributed by atoms with Crippen molar-refractivity contribution >= 4 is 0 Å². The van der Waals surface area contributed by atoms with Gasteiger partial charge in [0.05, 0.1) is 13.2 Å². The van der Waals surface area contributed by atoms with E-state index >= 15 is 0 Å². The lowest BCUT2D eigenvalue weighted by atomic mass is 10.1. The monoisotopic (exact) mass is 269 g/mol. The summed E-state index contributed by atoms with van der Waals surface area (Å²) in [6.45, 7) is 0. The summed E-state index contributed by atoms with van der Waals surface area (Å²) >= 11 is 0. The van der Waals surface area contributed by atoms with Crippen LogP contribution < -0.4 is 9.47 Å². The number of methoxy groups -OCH3 is 1. The second kappa shape index (κ2) is 5.95. The number of hydrogen-bond donors (Lipinski definition) is 0. The normalized spacial score (nSPS) is 15.2. The minimum absolute atomic E-state index is 0.327. The van der Waals surface area contributed by atoms with E-state index in [9.17, 15) is 0 Å². The lowest BCUT2D eigenvalue weighted by Gasteiger charge is -2.16. The highest BCUT2D eigenvalue weighted by atomic mass is 16.5. The molecule has 1 saturated carbocycles. The number of aromatic nitrogens is 1. The van der Waals surface area contributed by atoms with E-state index in [-0.39, 0.29) is 0 Å². The van der Waals surface area contributed by atoms with E-state index in [1.807, 2.05) is 36.5 Å². The molecule has 0 radical (unpaired) electrons. The van der Waals surface area contributed by atoms with Gasteiger partial charge in [-0.15, -0.1) is 0 Å². The molecular weight excluding hydrogens is 250 g/mol. The second-order valence-corrected chi connectivity index (χ2v) is 5.13. The summed E-state index contributed by atoms with van der Waals surface area (Å²) < 4.78 is 11.5. The molecule has 3 heteroatoms. The van der Waals surface area contributed by atoms with Gasteiger partial charge < -0.3 is 9.47 Å². The van der Waals surface area contributed by atoms with Crippen molar-refractivity contribution in [2.45, 2.75) is 31.8 Å². The van der Waals surface area contributed by atoms with Gasteiger partial charge in [-0.1, -0.05) is 12.1 Å². The minimum atomic E-state index is 0.327. The third-order valence-corrected chi connectivity index (χ3v) is 3.75. The Hall–Kier alpha value is -2.03.